The van der Waals surface area contributed by atoms with Gasteiger partial charge in [-0.3, -0.25) is 0 Å². The lowest BCUT2D eigenvalue weighted by atomic mass is 10.1. The van der Waals surface area contributed by atoms with Crippen LogP contribution >= 0.6 is 0 Å². The highest BCUT2D eigenvalue weighted by Crippen LogP contribution is 2.18. The van der Waals surface area contributed by atoms with Crippen LogP contribution in [-0.4, -0.2) is 9.78 Å². The van der Waals surface area contributed by atoms with Gasteiger partial charge in [-0.2, -0.15) is 5.10 Å². The van der Waals surface area contributed by atoms with Gasteiger partial charge in [-0.15, -0.1) is 0 Å². The molecule has 2 nitrogen and oxygen atoms in total. The van der Waals surface area contributed by atoms with Gasteiger partial charge in [0.05, 0.1) is 18.0 Å². The van der Waals surface area contributed by atoms with Gasteiger partial charge in [0.15, 0.2) is 11.6 Å². The molecule has 3 aromatic rings. The average Bonchev–Trinajstić information content (AvgIpc) is 2.94. The molecule has 105 valence electrons. The average molecular weight is 287 g/mol. The Morgan fingerprint density at radius 1 is 1.10 bits per heavy atom. The molecule has 0 aliphatic heterocycles. The predicted octanol–water partition coefficient (Wildman–Crippen LogP) is 3.68. The Balaban J connectivity index is 1.89. The number of hydrogen-bond donors (Lipinski definition) is 0. The first-order valence-electron chi connectivity index (χ1n) is 6.28. The van der Waals surface area contributed by atoms with Crippen LogP contribution in [0, 0.1) is 23.5 Å². The molecule has 2 aromatic carbocycles. The predicted molar refractivity (Wildman–Crippen MR) is 71.5 cm³/mol. The molecule has 0 aliphatic carbocycles. The molecule has 1 radical (unpaired) electrons. The second kappa shape index (κ2) is 5.44. The zero-order valence-corrected chi connectivity index (χ0v) is 10.9. The molecule has 5 heteroatoms. The van der Waals surface area contributed by atoms with Crippen LogP contribution in [0.1, 0.15) is 11.1 Å². The lowest BCUT2D eigenvalue weighted by Gasteiger charge is -2.03. The molecule has 0 unspecified atom stereocenters. The van der Waals surface area contributed by atoms with E-state index in [1.807, 2.05) is 30.3 Å². The van der Waals surface area contributed by atoms with E-state index in [0.29, 0.717) is 5.56 Å². The standard InChI is InChI=1S/C16H10F3N2/c17-13-7-12(16(19)15(18)8-13)6-11-9-20-21(10-11)14-4-2-1-3-5-14/h1-5,7,9-10H,6H2. The van der Waals surface area contributed by atoms with Gasteiger partial charge in [-0.05, 0) is 29.3 Å². The summed E-state index contributed by atoms with van der Waals surface area (Å²) in [5.41, 5.74) is 1.45. The molecule has 0 saturated carbocycles. The Morgan fingerprint density at radius 2 is 1.86 bits per heavy atom. The molecule has 0 N–H and O–H groups in total. The van der Waals surface area contributed by atoms with Crippen LogP contribution in [0.4, 0.5) is 13.2 Å². The molecule has 0 atom stereocenters. The molecule has 0 fully saturated rings. The lowest BCUT2D eigenvalue weighted by Crippen LogP contribution is -1.98. The van der Waals surface area contributed by atoms with Crippen LogP contribution < -0.4 is 0 Å². The number of hydrogen-bond acceptors (Lipinski definition) is 1. The summed E-state index contributed by atoms with van der Waals surface area (Å²) in [4.78, 5) is 0. The Morgan fingerprint density at radius 3 is 2.62 bits per heavy atom. The fourth-order valence-electron chi connectivity index (χ4n) is 2.07. The van der Waals surface area contributed by atoms with Crippen LogP contribution in [0.15, 0.2) is 48.8 Å². The van der Waals surface area contributed by atoms with E-state index in [1.54, 1.807) is 23.1 Å². The van der Waals surface area contributed by atoms with Crippen molar-refractivity contribution in [3.05, 3.63) is 83.4 Å². The molecule has 0 aliphatic rings. The number of benzene rings is 2. The van der Waals surface area contributed by atoms with Crippen molar-refractivity contribution in [2.24, 2.45) is 0 Å². The number of para-hydroxylation sites is 1. The summed E-state index contributed by atoms with van der Waals surface area (Å²) in [5.74, 6) is -3.30. The van der Waals surface area contributed by atoms with Crippen molar-refractivity contribution in [3.8, 4) is 5.69 Å². The van der Waals surface area contributed by atoms with Gasteiger partial charge in [-0.25, -0.2) is 17.9 Å². The molecule has 1 aromatic heterocycles. The minimum Gasteiger partial charge on any atom is -0.241 e. The third-order valence-electron chi connectivity index (χ3n) is 3.06. The van der Waals surface area contributed by atoms with Crippen molar-refractivity contribution in [3.63, 3.8) is 0 Å². The van der Waals surface area contributed by atoms with Gasteiger partial charge in [-0.1, -0.05) is 18.2 Å². The van der Waals surface area contributed by atoms with Crippen LogP contribution in [0.5, 0.6) is 0 Å². The molecule has 1 heterocycles. The first-order valence-corrected chi connectivity index (χ1v) is 6.28. The summed E-state index contributed by atoms with van der Waals surface area (Å²) in [5, 5.41) is 4.16. The molecule has 0 saturated heterocycles. The van der Waals surface area contributed by atoms with E-state index in [1.165, 1.54) is 0 Å². The van der Waals surface area contributed by atoms with E-state index < -0.39 is 17.5 Å². The molecule has 0 amide bonds. The molecular weight excluding hydrogens is 277 g/mol. The highest BCUT2D eigenvalue weighted by molar-refractivity contribution is 5.32. The molecule has 3 rings (SSSR count). The smallest absolute Gasteiger partial charge is 0.170 e. The van der Waals surface area contributed by atoms with Crippen molar-refractivity contribution in [2.75, 3.05) is 0 Å². The van der Waals surface area contributed by atoms with Gasteiger partial charge in [0.25, 0.3) is 0 Å². The minimum absolute atomic E-state index is 0.0567. The van der Waals surface area contributed by atoms with Gasteiger partial charge < -0.3 is 0 Å². The minimum atomic E-state index is -1.31. The second-order valence-electron chi connectivity index (χ2n) is 4.58. The highest BCUT2D eigenvalue weighted by Gasteiger charge is 2.13. The fourth-order valence-corrected chi connectivity index (χ4v) is 2.07. The normalized spacial score (nSPS) is 10.8. The second-order valence-corrected chi connectivity index (χ2v) is 4.58. The highest BCUT2D eigenvalue weighted by atomic mass is 19.2. The molecule has 0 bridgehead atoms. The van der Waals surface area contributed by atoms with Gasteiger partial charge in [0.2, 0.25) is 0 Å². The maximum Gasteiger partial charge on any atom is 0.170 e. The summed E-state index contributed by atoms with van der Waals surface area (Å²) >= 11 is 0. The summed E-state index contributed by atoms with van der Waals surface area (Å²) in [6, 6.07) is 12.0. The van der Waals surface area contributed by atoms with Crippen molar-refractivity contribution in [2.45, 2.75) is 6.42 Å². The van der Waals surface area contributed by atoms with Gasteiger partial charge >= 0.3 is 0 Å². The van der Waals surface area contributed by atoms with Crippen LogP contribution in [-0.2, 0) is 6.42 Å². The van der Waals surface area contributed by atoms with Crippen LogP contribution in [0.25, 0.3) is 5.69 Å². The first-order chi connectivity index (χ1) is 10.1. The largest absolute Gasteiger partial charge is 0.241 e. The number of nitrogens with zero attached hydrogens (tertiary/aromatic N) is 2. The maximum absolute atomic E-state index is 13.6. The fraction of sp³-hybridized carbons (Fsp3) is 0.0625. The Bertz CT molecular complexity index is 766. The number of rotatable bonds is 3. The lowest BCUT2D eigenvalue weighted by molar-refractivity contribution is 0.484. The SMILES string of the molecule is Fc1[c]c(F)c(F)c(Cc2cnn(-c3ccccc3)c2)c1. The van der Waals surface area contributed by atoms with Crippen molar-refractivity contribution in [1.82, 2.24) is 9.78 Å². The Kier molecular flexibility index (Phi) is 3.48. The van der Waals surface area contributed by atoms with Gasteiger partial charge in [0.1, 0.15) is 5.82 Å². The van der Waals surface area contributed by atoms with E-state index in [2.05, 4.69) is 5.10 Å². The van der Waals surface area contributed by atoms with E-state index in [0.717, 1.165) is 11.8 Å². The monoisotopic (exact) mass is 287 g/mol. The van der Waals surface area contributed by atoms with E-state index in [9.17, 15) is 13.2 Å². The quantitative estimate of drug-likeness (QED) is 0.672. The van der Waals surface area contributed by atoms with Crippen molar-refractivity contribution < 1.29 is 13.2 Å². The zero-order valence-electron chi connectivity index (χ0n) is 10.9. The molecule has 21 heavy (non-hydrogen) atoms. The van der Waals surface area contributed by atoms with Gasteiger partial charge in [0, 0.05) is 12.6 Å². The van der Waals surface area contributed by atoms with Crippen LogP contribution in [0.3, 0.4) is 0 Å². The van der Waals surface area contributed by atoms with E-state index in [4.69, 9.17) is 0 Å². The van der Waals surface area contributed by atoms with Crippen molar-refractivity contribution >= 4 is 0 Å². The first kappa shape index (κ1) is 13.4. The topological polar surface area (TPSA) is 17.8 Å². The van der Waals surface area contributed by atoms with Crippen molar-refractivity contribution in [1.29, 1.82) is 0 Å². The van der Waals surface area contributed by atoms with E-state index in [-0.39, 0.29) is 12.0 Å². The molecule has 0 spiro atoms. The molecular formula is C16H10F3N2. The summed E-state index contributed by atoms with van der Waals surface area (Å²) in [7, 11) is 0. The number of halogens is 3. The van der Waals surface area contributed by atoms with E-state index >= 15 is 0 Å². The third-order valence-corrected chi connectivity index (χ3v) is 3.06. The Hall–Kier alpha value is -2.56. The third kappa shape index (κ3) is 2.81. The summed E-state index contributed by atoms with van der Waals surface area (Å²) < 4.78 is 41.4. The number of aromatic nitrogens is 2. The van der Waals surface area contributed by atoms with Crippen LogP contribution in [0.2, 0.25) is 0 Å². The maximum atomic E-state index is 13.6. The Labute approximate surface area is 119 Å². The zero-order chi connectivity index (χ0) is 14.8. The summed E-state index contributed by atoms with van der Waals surface area (Å²) in [6.07, 6.45) is 3.29. The summed E-state index contributed by atoms with van der Waals surface area (Å²) in [6.45, 7) is 0.